The van der Waals surface area contributed by atoms with Crippen LogP contribution in [-0.2, 0) is 4.74 Å². The van der Waals surface area contributed by atoms with E-state index in [0.29, 0.717) is 0 Å². The maximum absolute atomic E-state index is 5.70. The Morgan fingerprint density at radius 1 is 1.12 bits per heavy atom. The SMILES string of the molecule is ClCCCCN1CCC(N2CCOCC2)C1. The zero-order chi connectivity index (χ0) is 11.2. The molecule has 1 unspecified atom stereocenters. The summed E-state index contributed by atoms with van der Waals surface area (Å²) in [6, 6.07) is 0.778. The van der Waals surface area contributed by atoms with Gasteiger partial charge in [-0.2, -0.15) is 0 Å². The van der Waals surface area contributed by atoms with Gasteiger partial charge >= 0.3 is 0 Å². The normalized spacial score (nSPS) is 28.7. The maximum atomic E-state index is 5.70. The number of morpholine rings is 1. The molecule has 0 saturated carbocycles. The van der Waals surface area contributed by atoms with Crippen LogP contribution < -0.4 is 0 Å². The van der Waals surface area contributed by atoms with E-state index in [0.717, 1.165) is 44.6 Å². The second-order valence-corrected chi connectivity index (χ2v) is 5.17. The zero-order valence-corrected chi connectivity index (χ0v) is 10.8. The van der Waals surface area contributed by atoms with Crippen molar-refractivity contribution >= 4 is 11.6 Å². The first-order valence-corrected chi connectivity index (χ1v) is 7.03. The number of rotatable bonds is 5. The number of halogens is 1. The fraction of sp³-hybridized carbons (Fsp3) is 1.00. The Balaban J connectivity index is 1.66. The first kappa shape index (κ1) is 12.6. The van der Waals surface area contributed by atoms with Crippen molar-refractivity contribution in [2.24, 2.45) is 0 Å². The zero-order valence-electron chi connectivity index (χ0n) is 10.0. The van der Waals surface area contributed by atoms with Crippen molar-refractivity contribution in [2.75, 3.05) is 51.8 Å². The topological polar surface area (TPSA) is 15.7 Å². The summed E-state index contributed by atoms with van der Waals surface area (Å²) in [7, 11) is 0. The molecule has 0 aromatic heterocycles. The molecule has 3 nitrogen and oxygen atoms in total. The van der Waals surface area contributed by atoms with Gasteiger partial charge in [0.2, 0.25) is 0 Å². The van der Waals surface area contributed by atoms with E-state index in [1.54, 1.807) is 0 Å². The minimum atomic E-state index is 0.778. The third-order valence-corrected chi connectivity index (χ3v) is 3.93. The summed E-state index contributed by atoms with van der Waals surface area (Å²) in [5, 5.41) is 0. The summed E-state index contributed by atoms with van der Waals surface area (Å²) in [5.74, 6) is 0.806. The Hall–Kier alpha value is 0.170. The number of nitrogens with zero attached hydrogens (tertiary/aromatic N) is 2. The molecular weight excluding hydrogens is 224 g/mol. The molecule has 16 heavy (non-hydrogen) atoms. The predicted octanol–water partition coefficient (Wildman–Crippen LogP) is 1.41. The highest BCUT2D eigenvalue weighted by atomic mass is 35.5. The van der Waals surface area contributed by atoms with Gasteiger partial charge in [-0.1, -0.05) is 0 Å². The van der Waals surface area contributed by atoms with Crippen molar-refractivity contribution in [3.05, 3.63) is 0 Å². The average molecular weight is 247 g/mol. The Kier molecular flexibility index (Phi) is 5.36. The van der Waals surface area contributed by atoms with Gasteiger partial charge in [0.15, 0.2) is 0 Å². The van der Waals surface area contributed by atoms with Crippen LogP contribution >= 0.6 is 11.6 Å². The number of ether oxygens (including phenoxy) is 1. The summed E-state index contributed by atoms with van der Waals surface area (Å²) >= 11 is 5.70. The average Bonchev–Trinajstić information content (AvgIpc) is 2.79. The van der Waals surface area contributed by atoms with Crippen molar-refractivity contribution in [1.82, 2.24) is 9.80 Å². The molecule has 0 radical (unpaired) electrons. The molecule has 0 aromatic rings. The highest BCUT2D eigenvalue weighted by Crippen LogP contribution is 2.17. The van der Waals surface area contributed by atoms with Gasteiger partial charge in [0, 0.05) is 31.6 Å². The number of hydrogen-bond donors (Lipinski definition) is 0. The number of unbranched alkanes of at least 4 members (excludes halogenated alkanes) is 1. The number of alkyl halides is 1. The monoisotopic (exact) mass is 246 g/mol. The molecule has 1 atom stereocenters. The van der Waals surface area contributed by atoms with E-state index in [1.807, 2.05) is 0 Å². The molecular formula is C12H23ClN2O. The van der Waals surface area contributed by atoms with Gasteiger partial charge in [-0.15, -0.1) is 11.6 Å². The van der Waals surface area contributed by atoms with Crippen molar-refractivity contribution in [3.8, 4) is 0 Å². The third-order valence-electron chi connectivity index (χ3n) is 3.67. The maximum Gasteiger partial charge on any atom is 0.0594 e. The van der Waals surface area contributed by atoms with Crippen LogP contribution in [0.25, 0.3) is 0 Å². The lowest BCUT2D eigenvalue weighted by atomic mass is 10.2. The van der Waals surface area contributed by atoms with Crippen LogP contribution in [0.5, 0.6) is 0 Å². The van der Waals surface area contributed by atoms with Gasteiger partial charge < -0.3 is 9.64 Å². The summed E-state index contributed by atoms with van der Waals surface area (Å²) in [5.41, 5.74) is 0. The van der Waals surface area contributed by atoms with E-state index in [9.17, 15) is 0 Å². The molecule has 0 aliphatic carbocycles. The van der Waals surface area contributed by atoms with Gasteiger partial charge in [-0.25, -0.2) is 0 Å². The molecule has 2 aliphatic heterocycles. The Labute approximate surface area is 104 Å². The van der Waals surface area contributed by atoms with Gasteiger partial charge in [0.05, 0.1) is 13.2 Å². The van der Waals surface area contributed by atoms with Gasteiger partial charge in [-0.3, -0.25) is 4.90 Å². The quantitative estimate of drug-likeness (QED) is 0.539. The van der Waals surface area contributed by atoms with E-state index < -0.39 is 0 Å². The van der Waals surface area contributed by atoms with Gasteiger partial charge in [0.25, 0.3) is 0 Å². The van der Waals surface area contributed by atoms with Crippen LogP contribution in [0, 0.1) is 0 Å². The van der Waals surface area contributed by atoms with Crippen LogP contribution in [-0.4, -0.2) is 67.7 Å². The lowest BCUT2D eigenvalue weighted by Gasteiger charge is -2.32. The van der Waals surface area contributed by atoms with Gasteiger partial charge in [0.1, 0.15) is 0 Å². The van der Waals surface area contributed by atoms with Crippen LogP contribution in [0.3, 0.4) is 0 Å². The molecule has 2 heterocycles. The minimum absolute atomic E-state index is 0.778. The first-order chi connectivity index (χ1) is 7.90. The largest absolute Gasteiger partial charge is 0.379 e. The molecule has 2 fully saturated rings. The fourth-order valence-corrected chi connectivity index (χ4v) is 2.87. The Morgan fingerprint density at radius 2 is 1.94 bits per heavy atom. The summed E-state index contributed by atoms with van der Waals surface area (Å²) in [6.45, 7) is 7.84. The van der Waals surface area contributed by atoms with Crippen LogP contribution in [0.2, 0.25) is 0 Å². The Morgan fingerprint density at radius 3 is 2.69 bits per heavy atom. The van der Waals surface area contributed by atoms with Crippen LogP contribution in [0.1, 0.15) is 19.3 Å². The van der Waals surface area contributed by atoms with Crippen molar-refractivity contribution in [2.45, 2.75) is 25.3 Å². The number of likely N-dealkylation sites (tertiary alicyclic amines) is 1. The molecule has 4 heteroatoms. The molecule has 0 amide bonds. The van der Waals surface area contributed by atoms with E-state index in [1.165, 1.54) is 32.5 Å². The minimum Gasteiger partial charge on any atom is -0.379 e. The fourth-order valence-electron chi connectivity index (χ4n) is 2.69. The smallest absolute Gasteiger partial charge is 0.0594 e. The van der Waals surface area contributed by atoms with Crippen LogP contribution in [0.4, 0.5) is 0 Å². The van der Waals surface area contributed by atoms with Crippen molar-refractivity contribution < 1.29 is 4.74 Å². The summed E-state index contributed by atoms with van der Waals surface area (Å²) in [6.07, 6.45) is 3.74. The predicted molar refractivity (Wildman–Crippen MR) is 67.2 cm³/mol. The van der Waals surface area contributed by atoms with Gasteiger partial charge in [-0.05, 0) is 32.4 Å². The van der Waals surface area contributed by atoms with Crippen molar-refractivity contribution in [3.63, 3.8) is 0 Å². The first-order valence-electron chi connectivity index (χ1n) is 6.50. The third kappa shape index (κ3) is 3.59. The summed E-state index contributed by atoms with van der Waals surface area (Å²) < 4.78 is 5.40. The molecule has 2 saturated heterocycles. The molecule has 2 rings (SSSR count). The highest BCUT2D eigenvalue weighted by Gasteiger charge is 2.27. The lowest BCUT2D eigenvalue weighted by molar-refractivity contribution is 0.0185. The van der Waals surface area contributed by atoms with E-state index in [2.05, 4.69) is 9.80 Å². The molecule has 0 bridgehead atoms. The van der Waals surface area contributed by atoms with Crippen molar-refractivity contribution in [1.29, 1.82) is 0 Å². The van der Waals surface area contributed by atoms with E-state index >= 15 is 0 Å². The van der Waals surface area contributed by atoms with Crippen LogP contribution in [0.15, 0.2) is 0 Å². The van der Waals surface area contributed by atoms with E-state index in [4.69, 9.17) is 16.3 Å². The second-order valence-electron chi connectivity index (χ2n) is 4.79. The molecule has 2 aliphatic rings. The summed E-state index contributed by atoms with van der Waals surface area (Å²) in [4.78, 5) is 5.19. The Bertz CT molecular complexity index is 197. The van der Waals surface area contributed by atoms with E-state index in [-0.39, 0.29) is 0 Å². The number of hydrogen-bond acceptors (Lipinski definition) is 3. The molecule has 0 spiro atoms. The lowest BCUT2D eigenvalue weighted by Crippen LogP contribution is -2.44. The molecule has 0 N–H and O–H groups in total. The highest BCUT2D eigenvalue weighted by molar-refractivity contribution is 6.17. The molecule has 0 aromatic carbocycles. The molecule has 94 valence electrons. The standard InChI is InChI=1S/C12H23ClN2O/c13-4-1-2-5-14-6-3-12(11-14)15-7-9-16-10-8-15/h12H,1-11H2. The second kappa shape index (κ2) is 6.80.